The van der Waals surface area contributed by atoms with Crippen LogP contribution in [0.2, 0.25) is 0 Å². The van der Waals surface area contributed by atoms with Crippen LogP contribution in [0.4, 0.5) is 4.39 Å². The van der Waals surface area contributed by atoms with Gasteiger partial charge in [0.2, 0.25) is 5.88 Å². The lowest BCUT2D eigenvalue weighted by atomic mass is 10.3. The Morgan fingerprint density at radius 1 is 1.26 bits per heavy atom. The van der Waals surface area contributed by atoms with Crippen LogP contribution >= 0.6 is 0 Å². The molecule has 0 aliphatic carbocycles. The summed E-state index contributed by atoms with van der Waals surface area (Å²) in [5, 5.41) is 2.68. The Morgan fingerprint density at radius 3 is 2.83 bits per heavy atom. The van der Waals surface area contributed by atoms with E-state index in [9.17, 15) is 9.18 Å². The summed E-state index contributed by atoms with van der Waals surface area (Å²) in [5.74, 6) is 0.292. The Labute approximate surface area is 130 Å². The average Bonchev–Trinajstić information content (AvgIpc) is 3.09. The Hall–Kier alpha value is -3.22. The molecule has 0 saturated heterocycles. The number of carbonyl (C=O) groups excluding carboxylic acids is 1. The first-order chi connectivity index (χ1) is 11.2. The highest BCUT2D eigenvalue weighted by Crippen LogP contribution is 2.22. The summed E-state index contributed by atoms with van der Waals surface area (Å²) in [4.78, 5) is 20.0. The third-order valence-electron chi connectivity index (χ3n) is 2.95. The third kappa shape index (κ3) is 3.70. The fourth-order valence-corrected chi connectivity index (χ4v) is 1.85. The number of furan rings is 1. The summed E-state index contributed by atoms with van der Waals surface area (Å²) in [5.41, 5.74) is 0.170. The van der Waals surface area contributed by atoms with E-state index in [2.05, 4.69) is 15.3 Å². The molecule has 3 aromatic rings. The maximum absolute atomic E-state index is 12.9. The smallest absolute Gasteiger partial charge is 0.258 e. The van der Waals surface area contributed by atoms with Gasteiger partial charge in [-0.25, -0.2) is 14.4 Å². The van der Waals surface area contributed by atoms with Crippen molar-refractivity contribution in [3.63, 3.8) is 0 Å². The standard InChI is InChI=1S/C16H12FN3O3/c17-11-3-5-12(6-4-11)23-16-14(9-18-10-20-16)15(21)19-8-13-2-1-7-22-13/h1-7,9-10H,8H2,(H,19,21). The van der Waals surface area contributed by atoms with E-state index in [1.165, 1.54) is 43.1 Å². The normalized spacial score (nSPS) is 10.3. The highest BCUT2D eigenvalue weighted by Gasteiger charge is 2.15. The van der Waals surface area contributed by atoms with E-state index in [4.69, 9.17) is 9.15 Å². The van der Waals surface area contributed by atoms with Crippen molar-refractivity contribution in [2.45, 2.75) is 6.54 Å². The summed E-state index contributed by atoms with van der Waals surface area (Å²) in [6.07, 6.45) is 4.14. The molecule has 23 heavy (non-hydrogen) atoms. The molecular formula is C16H12FN3O3. The number of carbonyl (C=O) groups is 1. The molecule has 0 radical (unpaired) electrons. The molecule has 6 nitrogen and oxygen atoms in total. The predicted octanol–water partition coefficient (Wildman–Crippen LogP) is 2.93. The monoisotopic (exact) mass is 313 g/mol. The number of hydrogen-bond donors (Lipinski definition) is 1. The van der Waals surface area contributed by atoms with Gasteiger partial charge >= 0.3 is 0 Å². The highest BCUT2D eigenvalue weighted by molar-refractivity contribution is 5.96. The van der Waals surface area contributed by atoms with Crippen molar-refractivity contribution < 1.29 is 18.3 Å². The number of halogens is 1. The zero-order chi connectivity index (χ0) is 16.1. The van der Waals surface area contributed by atoms with Crippen molar-refractivity contribution in [3.05, 3.63) is 72.3 Å². The van der Waals surface area contributed by atoms with Gasteiger partial charge in [0.15, 0.2) is 0 Å². The van der Waals surface area contributed by atoms with Gasteiger partial charge in [0, 0.05) is 6.20 Å². The van der Waals surface area contributed by atoms with Gasteiger partial charge in [-0.05, 0) is 36.4 Å². The molecule has 3 rings (SSSR count). The molecule has 0 saturated carbocycles. The van der Waals surface area contributed by atoms with Crippen molar-refractivity contribution in [1.29, 1.82) is 0 Å². The third-order valence-corrected chi connectivity index (χ3v) is 2.95. The van der Waals surface area contributed by atoms with Crippen LogP contribution < -0.4 is 10.1 Å². The van der Waals surface area contributed by atoms with Crippen LogP contribution in [0, 0.1) is 5.82 Å². The minimum absolute atomic E-state index is 0.0866. The van der Waals surface area contributed by atoms with E-state index in [0.717, 1.165) is 0 Å². The number of ether oxygens (including phenoxy) is 1. The molecule has 2 heterocycles. The van der Waals surface area contributed by atoms with Gasteiger partial charge in [0.1, 0.15) is 29.2 Å². The molecule has 1 aromatic carbocycles. The van der Waals surface area contributed by atoms with E-state index in [1.54, 1.807) is 12.1 Å². The molecule has 1 amide bonds. The molecule has 0 aliphatic rings. The topological polar surface area (TPSA) is 77.3 Å². The number of nitrogens with one attached hydrogen (secondary N) is 1. The van der Waals surface area contributed by atoms with Gasteiger partial charge in [-0.15, -0.1) is 0 Å². The van der Waals surface area contributed by atoms with E-state index < -0.39 is 5.91 Å². The van der Waals surface area contributed by atoms with Gasteiger partial charge in [0.25, 0.3) is 5.91 Å². The average molecular weight is 313 g/mol. The second-order valence-corrected chi connectivity index (χ2v) is 4.56. The molecule has 7 heteroatoms. The number of benzene rings is 1. The summed E-state index contributed by atoms with van der Waals surface area (Å²) >= 11 is 0. The van der Waals surface area contributed by atoms with Crippen molar-refractivity contribution in [2.24, 2.45) is 0 Å². The molecule has 1 N–H and O–H groups in total. The molecule has 0 bridgehead atoms. The van der Waals surface area contributed by atoms with E-state index in [0.29, 0.717) is 11.5 Å². The summed E-state index contributed by atoms with van der Waals surface area (Å²) in [6, 6.07) is 8.89. The molecule has 0 unspecified atom stereocenters. The van der Waals surface area contributed by atoms with Crippen LogP contribution in [-0.2, 0) is 6.54 Å². The summed E-state index contributed by atoms with van der Waals surface area (Å²) < 4.78 is 23.6. The summed E-state index contributed by atoms with van der Waals surface area (Å²) in [7, 11) is 0. The van der Waals surface area contributed by atoms with Crippen LogP contribution in [0.25, 0.3) is 0 Å². The molecule has 2 aromatic heterocycles. The fraction of sp³-hybridized carbons (Fsp3) is 0.0625. The van der Waals surface area contributed by atoms with Crippen LogP contribution in [0.3, 0.4) is 0 Å². The summed E-state index contributed by atoms with van der Waals surface area (Å²) in [6.45, 7) is 0.233. The van der Waals surface area contributed by atoms with Crippen molar-refractivity contribution in [3.8, 4) is 11.6 Å². The van der Waals surface area contributed by atoms with E-state index in [-0.39, 0.29) is 23.8 Å². The number of hydrogen-bond acceptors (Lipinski definition) is 5. The van der Waals surface area contributed by atoms with Gasteiger partial charge in [-0.1, -0.05) is 0 Å². The highest BCUT2D eigenvalue weighted by atomic mass is 19.1. The molecule has 0 spiro atoms. The molecule has 0 atom stereocenters. The maximum Gasteiger partial charge on any atom is 0.258 e. The second-order valence-electron chi connectivity index (χ2n) is 4.56. The molecule has 0 fully saturated rings. The molecule has 116 valence electrons. The minimum Gasteiger partial charge on any atom is -0.467 e. The first-order valence-corrected chi connectivity index (χ1v) is 6.76. The first-order valence-electron chi connectivity index (χ1n) is 6.76. The lowest BCUT2D eigenvalue weighted by molar-refractivity contribution is 0.0944. The zero-order valence-electron chi connectivity index (χ0n) is 11.9. The van der Waals surface area contributed by atoms with Gasteiger partial charge in [-0.2, -0.15) is 0 Å². The molecular weight excluding hydrogens is 301 g/mol. The van der Waals surface area contributed by atoms with Crippen LogP contribution in [-0.4, -0.2) is 15.9 Å². The Bertz CT molecular complexity index is 789. The lowest BCUT2D eigenvalue weighted by Crippen LogP contribution is -2.23. The van der Waals surface area contributed by atoms with Crippen molar-refractivity contribution in [2.75, 3.05) is 0 Å². The minimum atomic E-state index is -0.404. The maximum atomic E-state index is 12.9. The van der Waals surface area contributed by atoms with Crippen LogP contribution in [0.15, 0.2) is 59.6 Å². The number of rotatable bonds is 5. The Morgan fingerprint density at radius 2 is 2.09 bits per heavy atom. The number of amides is 1. The van der Waals surface area contributed by atoms with E-state index >= 15 is 0 Å². The predicted molar refractivity (Wildman–Crippen MR) is 78.4 cm³/mol. The van der Waals surface area contributed by atoms with E-state index in [1.807, 2.05) is 0 Å². The van der Waals surface area contributed by atoms with Crippen molar-refractivity contribution in [1.82, 2.24) is 15.3 Å². The first kappa shape index (κ1) is 14.7. The molecule has 0 aliphatic heterocycles. The largest absolute Gasteiger partial charge is 0.467 e. The number of nitrogens with zero attached hydrogens (tertiary/aromatic N) is 2. The second kappa shape index (κ2) is 6.69. The number of aromatic nitrogens is 2. The fourth-order valence-electron chi connectivity index (χ4n) is 1.85. The van der Waals surface area contributed by atoms with Gasteiger partial charge < -0.3 is 14.5 Å². The van der Waals surface area contributed by atoms with Crippen molar-refractivity contribution >= 4 is 5.91 Å². The lowest BCUT2D eigenvalue weighted by Gasteiger charge is -2.09. The SMILES string of the molecule is O=C(NCc1ccco1)c1cncnc1Oc1ccc(F)cc1. The van der Waals surface area contributed by atoms with Gasteiger partial charge in [0.05, 0.1) is 12.8 Å². The zero-order valence-corrected chi connectivity index (χ0v) is 11.9. The van der Waals surface area contributed by atoms with Gasteiger partial charge in [-0.3, -0.25) is 4.79 Å². The quantitative estimate of drug-likeness (QED) is 0.783. The van der Waals surface area contributed by atoms with Crippen LogP contribution in [0.5, 0.6) is 11.6 Å². The van der Waals surface area contributed by atoms with Crippen LogP contribution in [0.1, 0.15) is 16.1 Å². The Kier molecular flexibility index (Phi) is 4.28. The Balaban J connectivity index is 1.74.